The summed E-state index contributed by atoms with van der Waals surface area (Å²) in [6.07, 6.45) is 7.94. The van der Waals surface area contributed by atoms with Crippen molar-refractivity contribution in [1.82, 2.24) is 0 Å². The van der Waals surface area contributed by atoms with E-state index in [-0.39, 0.29) is 23.4 Å². The molecule has 2 saturated carbocycles. The van der Waals surface area contributed by atoms with Crippen LogP contribution < -0.4 is 0 Å². The molecule has 1 spiro atoms. The van der Waals surface area contributed by atoms with Crippen molar-refractivity contribution in [1.29, 1.82) is 5.26 Å². The standard InChI is InChI=1S/C18H26BrNO3S/c1-13(11-19)15(23-24-2)10-17-5-3-4-14(12-20)16(17)18(7-6-17)21-8-9-22-18/h14-16H,1,3-11H2,2H3. The number of nitriles is 1. The van der Waals surface area contributed by atoms with Crippen LogP contribution in [0.1, 0.15) is 38.5 Å². The molecule has 1 aliphatic heterocycles. The van der Waals surface area contributed by atoms with Crippen molar-refractivity contribution in [2.75, 3.05) is 24.8 Å². The van der Waals surface area contributed by atoms with Crippen LogP contribution in [0.2, 0.25) is 0 Å². The monoisotopic (exact) mass is 415 g/mol. The average molecular weight is 416 g/mol. The number of rotatable bonds is 6. The van der Waals surface area contributed by atoms with E-state index in [1.165, 1.54) is 12.0 Å². The molecular weight excluding hydrogens is 390 g/mol. The van der Waals surface area contributed by atoms with Crippen molar-refractivity contribution in [3.8, 4) is 6.07 Å². The highest BCUT2D eigenvalue weighted by molar-refractivity contribution is 9.09. The fourth-order valence-corrected chi connectivity index (χ4v) is 5.94. The van der Waals surface area contributed by atoms with Gasteiger partial charge in [-0.05, 0) is 48.7 Å². The molecule has 0 radical (unpaired) electrons. The maximum atomic E-state index is 9.77. The number of ether oxygens (including phenoxy) is 2. The minimum Gasteiger partial charge on any atom is -0.347 e. The molecule has 6 heteroatoms. The molecule has 134 valence electrons. The van der Waals surface area contributed by atoms with E-state index in [0.29, 0.717) is 13.2 Å². The first kappa shape index (κ1) is 18.7. The van der Waals surface area contributed by atoms with E-state index in [0.717, 1.165) is 49.4 Å². The predicted octanol–water partition coefficient (Wildman–Crippen LogP) is 4.45. The first-order valence-electron chi connectivity index (χ1n) is 8.71. The molecule has 1 saturated heterocycles. The maximum absolute atomic E-state index is 9.77. The van der Waals surface area contributed by atoms with Crippen LogP contribution in [0.3, 0.4) is 0 Å². The summed E-state index contributed by atoms with van der Waals surface area (Å²) in [4.78, 5) is 0. The van der Waals surface area contributed by atoms with Gasteiger partial charge in [-0.1, -0.05) is 28.9 Å². The maximum Gasteiger partial charge on any atom is 0.173 e. The normalized spacial score (nSPS) is 35.5. The summed E-state index contributed by atoms with van der Waals surface area (Å²) in [7, 11) is 0. The minimum atomic E-state index is -0.541. The molecule has 24 heavy (non-hydrogen) atoms. The highest BCUT2D eigenvalue weighted by Gasteiger charge is 2.64. The Morgan fingerprint density at radius 1 is 1.42 bits per heavy atom. The molecule has 3 fully saturated rings. The molecule has 0 bridgehead atoms. The lowest BCUT2D eigenvalue weighted by atomic mass is 9.60. The van der Waals surface area contributed by atoms with Crippen LogP contribution in [0.15, 0.2) is 12.2 Å². The zero-order chi connectivity index (χ0) is 17.2. The van der Waals surface area contributed by atoms with Gasteiger partial charge >= 0.3 is 0 Å². The molecule has 0 aromatic carbocycles. The predicted molar refractivity (Wildman–Crippen MR) is 98.7 cm³/mol. The van der Waals surface area contributed by atoms with Crippen molar-refractivity contribution in [3.63, 3.8) is 0 Å². The van der Waals surface area contributed by atoms with Crippen LogP contribution in [0.25, 0.3) is 0 Å². The van der Waals surface area contributed by atoms with Crippen molar-refractivity contribution < 1.29 is 13.7 Å². The van der Waals surface area contributed by atoms with Crippen LogP contribution in [-0.2, 0) is 13.7 Å². The van der Waals surface area contributed by atoms with Gasteiger partial charge in [0.2, 0.25) is 0 Å². The van der Waals surface area contributed by atoms with E-state index >= 15 is 0 Å². The van der Waals surface area contributed by atoms with Crippen LogP contribution in [0.5, 0.6) is 0 Å². The molecule has 1 heterocycles. The largest absolute Gasteiger partial charge is 0.347 e. The van der Waals surface area contributed by atoms with Gasteiger partial charge in [-0.2, -0.15) is 5.26 Å². The van der Waals surface area contributed by atoms with Gasteiger partial charge in [0.15, 0.2) is 5.79 Å². The number of hydrogen-bond donors (Lipinski definition) is 0. The fourth-order valence-electron chi connectivity index (χ4n) is 5.14. The number of alkyl halides is 1. The molecular formula is C18H26BrNO3S. The van der Waals surface area contributed by atoms with Gasteiger partial charge in [0.25, 0.3) is 0 Å². The zero-order valence-electron chi connectivity index (χ0n) is 14.3. The summed E-state index contributed by atoms with van der Waals surface area (Å²) in [6, 6.07) is 2.56. The fraction of sp³-hybridized carbons (Fsp3) is 0.833. The van der Waals surface area contributed by atoms with Gasteiger partial charge in [-0.25, -0.2) is 0 Å². The quantitative estimate of drug-likeness (QED) is 0.364. The average Bonchev–Trinajstić information content (AvgIpc) is 3.20. The molecule has 0 aromatic rings. The molecule has 4 atom stereocenters. The first-order chi connectivity index (χ1) is 11.6. The second-order valence-corrected chi connectivity index (χ2v) is 8.31. The Kier molecular flexibility index (Phi) is 5.98. The van der Waals surface area contributed by atoms with Gasteiger partial charge in [0.05, 0.1) is 31.3 Å². The van der Waals surface area contributed by atoms with Gasteiger partial charge in [0.1, 0.15) is 0 Å². The third-order valence-electron chi connectivity index (χ3n) is 6.07. The summed E-state index contributed by atoms with van der Waals surface area (Å²) in [5.74, 6) is -0.394. The van der Waals surface area contributed by atoms with E-state index in [4.69, 9.17) is 13.7 Å². The molecule has 0 N–H and O–H groups in total. The SMILES string of the molecule is C=C(CBr)C(CC12CCCC(C#N)C1C1(CC2)OCCO1)OSC. The Labute approximate surface area is 157 Å². The topological polar surface area (TPSA) is 51.5 Å². The Balaban J connectivity index is 1.90. The Morgan fingerprint density at radius 2 is 2.17 bits per heavy atom. The first-order valence-corrected chi connectivity index (χ1v) is 11.0. The van der Waals surface area contributed by atoms with Crippen molar-refractivity contribution in [2.24, 2.45) is 17.3 Å². The smallest absolute Gasteiger partial charge is 0.173 e. The van der Waals surface area contributed by atoms with Gasteiger partial charge in [-0.3, -0.25) is 0 Å². The van der Waals surface area contributed by atoms with Gasteiger partial charge in [0, 0.05) is 23.9 Å². The van der Waals surface area contributed by atoms with Gasteiger partial charge < -0.3 is 13.7 Å². The lowest BCUT2D eigenvalue weighted by Gasteiger charge is -2.47. The summed E-state index contributed by atoms with van der Waals surface area (Å²) >= 11 is 4.91. The zero-order valence-corrected chi connectivity index (χ0v) is 16.7. The van der Waals surface area contributed by atoms with Crippen LogP contribution in [0.4, 0.5) is 0 Å². The molecule has 4 nitrogen and oxygen atoms in total. The van der Waals surface area contributed by atoms with E-state index in [1.807, 2.05) is 6.26 Å². The highest BCUT2D eigenvalue weighted by atomic mass is 79.9. The van der Waals surface area contributed by atoms with Crippen LogP contribution in [-0.4, -0.2) is 36.7 Å². The third-order valence-corrected chi connectivity index (χ3v) is 7.22. The van der Waals surface area contributed by atoms with E-state index in [9.17, 15) is 5.26 Å². The molecule has 0 amide bonds. The van der Waals surface area contributed by atoms with Crippen molar-refractivity contribution >= 4 is 28.0 Å². The number of fused-ring (bicyclic) bond motifs is 2. The van der Waals surface area contributed by atoms with E-state index in [1.54, 1.807) is 0 Å². The number of hydrogen-bond acceptors (Lipinski definition) is 5. The van der Waals surface area contributed by atoms with Gasteiger partial charge in [-0.15, -0.1) is 0 Å². The molecule has 4 unspecified atom stereocenters. The van der Waals surface area contributed by atoms with E-state index < -0.39 is 5.79 Å². The lowest BCUT2D eigenvalue weighted by Crippen LogP contribution is -2.48. The number of nitrogens with zero attached hydrogens (tertiary/aromatic N) is 1. The molecule has 3 aliphatic rings. The molecule has 3 rings (SSSR count). The minimum absolute atomic E-state index is 0.00382. The second kappa shape index (κ2) is 7.67. The second-order valence-electron chi connectivity index (χ2n) is 7.22. The summed E-state index contributed by atoms with van der Waals surface area (Å²) in [6.45, 7) is 5.47. The van der Waals surface area contributed by atoms with E-state index in [2.05, 4.69) is 28.6 Å². The van der Waals surface area contributed by atoms with Crippen molar-refractivity contribution in [3.05, 3.63) is 12.2 Å². The van der Waals surface area contributed by atoms with Crippen molar-refractivity contribution in [2.45, 2.75) is 50.4 Å². The molecule has 0 aromatic heterocycles. The summed E-state index contributed by atoms with van der Waals surface area (Å²) in [5.41, 5.74) is 1.11. The lowest BCUT2D eigenvalue weighted by molar-refractivity contribution is -0.210. The number of halogens is 1. The molecule has 2 aliphatic carbocycles. The van der Waals surface area contributed by atoms with Crippen LogP contribution >= 0.6 is 28.0 Å². The Hall–Kier alpha value is -0.0600. The van der Waals surface area contributed by atoms with Crippen LogP contribution in [0, 0.1) is 28.6 Å². The third kappa shape index (κ3) is 3.19. The highest BCUT2D eigenvalue weighted by Crippen LogP contribution is 2.63. The Morgan fingerprint density at radius 3 is 2.79 bits per heavy atom. The summed E-state index contributed by atoms with van der Waals surface area (Å²) < 4.78 is 18.2. The Bertz CT molecular complexity index is 517. The summed E-state index contributed by atoms with van der Waals surface area (Å²) in [5, 5.41) is 10.5.